The van der Waals surface area contributed by atoms with E-state index < -0.39 is 11.4 Å². The summed E-state index contributed by atoms with van der Waals surface area (Å²) in [6.07, 6.45) is 0.474. The zero-order valence-electron chi connectivity index (χ0n) is 12.0. The first-order valence-corrected chi connectivity index (χ1v) is 6.55. The van der Waals surface area contributed by atoms with Crippen LogP contribution in [0.5, 0.6) is 5.75 Å². The molecule has 1 aromatic rings. The molecule has 1 atom stereocenters. The van der Waals surface area contributed by atoms with Gasteiger partial charge in [0.25, 0.3) is 5.91 Å². The third-order valence-corrected chi connectivity index (χ3v) is 3.86. The van der Waals surface area contributed by atoms with E-state index in [0.29, 0.717) is 24.3 Å². The van der Waals surface area contributed by atoms with Crippen molar-refractivity contribution in [3.05, 3.63) is 29.3 Å². The van der Waals surface area contributed by atoms with Crippen molar-refractivity contribution in [1.82, 2.24) is 4.90 Å². The van der Waals surface area contributed by atoms with Crippen molar-refractivity contribution < 1.29 is 19.4 Å². The number of carboxylic acids is 1. The smallest absolute Gasteiger partial charge is 0.311 e. The highest BCUT2D eigenvalue weighted by atomic mass is 16.5. The number of benzene rings is 1. The summed E-state index contributed by atoms with van der Waals surface area (Å²) in [5.74, 6) is -0.510. The lowest BCUT2D eigenvalue weighted by molar-refractivity contribution is -0.147. The quantitative estimate of drug-likeness (QED) is 0.917. The molecule has 0 saturated carbocycles. The summed E-state index contributed by atoms with van der Waals surface area (Å²) in [6.45, 7) is 4.27. The van der Waals surface area contributed by atoms with Gasteiger partial charge in [0.05, 0.1) is 18.1 Å². The first-order chi connectivity index (χ1) is 9.37. The van der Waals surface area contributed by atoms with Crippen molar-refractivity contribution >= 4 is 11.9 Å². The molecular formula is C15H19NO4. The summed E-state index contributed by atoms with van der Waals surface area (Å²) in [4.78, 5) is 25.4. The Hall–Kier alpha value is -2.04. The van der Waals surface area contributed by atoms with Gasteiger partial charge < -0.3 is 14.7 Å². The molecule has 5 nitrogen and oxygen atoms in total. The number of carbonyl (C=O) groups is 2. The Labute approximate surface area is 118 Å². The number of ether oxygens (including phenoxy) is 1. The molecule has 1 aliphatic rings. The van der Waals surface area contributed by atoms with E-state index in [-0.39, 0.29) is 12.5 Å². The van der Waals surface area contributed by atoms with Crippen molar-refractivity contribution in [2.75, 3.05) is 20.2 Å². The Morgan fingerprint density at radius 1 is 1.40 bits per heavy atom. The van der Waals surface area contributed by atoms with Gasteiger partial charge in [0, 0.05) is 13.1 Å². The zero-order chi connectivity index (χ0) is 14.9. The second kappa shape index (κ2) is 5.15. The van der Waals surface area contributed by atoms with Crippen LogP contribution in [0.3, 0.4) is 0 Å². The SMILES string of the molecule is COc1ccc(C)cc1C(=O)N1CCC(C)(C(=O)O)C1. The van der Waals surface area contributed by atoms with E-state index >= 15 is 0 Å². The third-order valence-electron chi connectivity index (χ3n) is 3.86. The van der Waals surface area contributed by atoms with Gasteiger partial charge in [-0.3, -0.25) is 9.59 Å². The molecule has 1 heterocycles. The average molecular weight is 277 g/mol. The van der Waals surface area contributed by atoms with Crippen LogP contribution in [0.25, 0.3) is 0 Å². The van der Waals surface area contributed by atoms with E-state index in [9.17, 15) is 14.7 Å². The number of likely N-dealkylation sites (tertiary alicyclic amines) is 1. The normalized spacial score (nSPS) is 21.9. The lowest BCUT2D eigenvalue weighted by atomic mass is 9.90. The van der Waals surface area contributed by atoms with Crippen molar-refractivity contribution in [3.8, 4) is 5.75 Å². The zero-order valence-corrected chi connectivity index (χ0v) is 12.0. The Bertz CT molecular complexity index is 555. The van der Waals surface area contributed by atoms with Gasteiger partial charge in [0.1, 0.15) is 5.75 Å². The number of methoxy groups -OCH3 is 1. The van der Waals surface area contributed by atoms with Gasteiger partial charge in [0.15, 0.2) is 0 Å². The van der Waals surface area contributed by atoms with Crippen LogP contribution in [0, 0.1) is 12.3 Å². The number of nitrogens with zero attached hydrogens (tertiary/aromatic N) is 1. The van der Waals surface area contributed by atoms with Gasteiger partial charge in [-0.1, -0.05) is 11.6 Å². The van der Waals surface area contributed by atoms with Crippen LogP contribution in [-0.2, 0) is 4.79 Å². The standard InChI is InChI=1S/C15H19NO4/c1-10-4-5-12(20-3)11(8-10)13(17)16-7-6-15(2,9-16)14(18)19/h4-5,8H,6-7,9H2,1-3H3,(H,18,19). The summed E-state index contributed by atoms with van der Waals surface area (Å²) >= 11 is 0. The van der Waals surface area contributed by atoms with Crippen LogP contribution in [0.1, 0.15) is 29.3 Å². The predicted molar refractivity (Wildman–Crippen MR) is 74.0 cm³/mol. The number of hydrogen-bond acceptors (Lipinski definition) is 3. The maximum Gasteiger partial charge on any atom is 0.311 e. The summed E-state index contributed by atoms with van der Waals surface area (Å²) in [5.41, 5.74) is 0.601. The summed E-state index contributed by atoms with van der Waals surface area (Å²) in [6, 6.07) is 5.41. The fraction of sp³-hybridized carbons (Fsp3) is 0.467. The van der Waals surface area contributed by atoms with Crippen molar-refractivity contribution in [1.29, 1.82) is 0 Å². The van der Waals surface area contributed by atoms with Crippen LogP contribution in [0.4, 0.5) is 0 Å². The largest absolute Gasteiger partial charge is 0.496 e. The molecule has 1 N–H and O–H groups in total. The maximum atomic E-state index is 12.5. The van der Waals surface area contributed by atoms with E-state index in [0.717, 1.165) is 5.56 Å². The second-order valence-corrected chi connectivity index (χ2v) is 5.55. The van der Waals surface area contributed by atoms with Gasteiger partial charge in [-0.05, 0) is 32.4 Å². The molecule has 0 aliphatic carbocycles. The minimum atomic E-state index is -0.857. The van der Waals surface area contributed by atoms with Gasteiger partial charge >= 0.3 is 5.97 Å². The van der Waals surface area contributed by atoms with Crippen molar-refractivity contribution in [2.45, 2.75) is 20.3 Å². The Morgan fingerprint density at radius 2 is 2.10 bits per heavy atom. The van der Waals surface area contributed by atoms with Gasteiger partial charge in [-0.2, -0.15) is 0 Å². The van der Waals surface area contributed by atoms with E-state index in [1.54, 1.807) is 24.0 Å². The lowest BCUT2D eigenvalue weighted by Crippen LogP contribution is -2.35. The number of aliphatic carboxylic acids is 1. The molecule has 1 aromatic carbocycles. The number of amides is 1. The molecule has 1 saturated heterocycles. The topological polar surface area (TPSA) is 66.8 Å². The first kappa shape index (κ1) is 14.4. The fourth-order valence-electron chi connectivity index (χ4n) is 2.47. The summed E-state index contributed by atoms with van der Waals surface area (Å²) < 4.78 is 5.22. The van der Waals surface area contributed by atoms with Crippen LogP contribution < -0.4 is 4.74 Å². The Morgan fingerprint density at radius 3 is 2.65 bits per heavy atom. The van der Waals surface area contributed by atoms with Gasteiger partial charge in [-0.25, -0.2) is 0 Å². The minimum Gasteiger partial charge on any atom is -0.496 e. The Kier molecular flexibility index (Phi) is 3.70. The summed E-state index contributed by atoms with van der Waals surface area (Å²) in [7, 11) is 1.52. The first-order valence-electron chi connectivity index (χ1n) is 6.55. The molecular weight excluding hydrogens is 258 g/mol. The molecule has 1 unspecified atom stereocenters. The van der Waals surface area contributed by atoms with Crippen molar-refractivity contribution in [2.24, 2.45) is 5.41 Å². The molecule has 1 fully saturated rings. The number of carbonyl (C=O) groups excluding carboxylic acids is 1. The minimum absolute atomic E-state index is 0.171. The average Bonchev–Trinajstić information content (AvgIpc) is 2.82. The maximum absolute atomic E-state index is 12.5. The predicted octanol–water partition coefficient (Wildman–Crippen LogP) is 1.94. The highest BCUT2D eigenvalue weighted by molar-refractivity contribution is 5.97. The number of aryl methyl sites for hydroxylation is 1. The molecule has 5 heteroatoms. The fourth-order valence-corrected chi connectivity index (χ4v) is 2.47. The van der Waals surface area contributed by atoms with E-state index in [1.807, 2.05) is 13.0 Å². The Balaban J connectivity index is 2.25. The molecule has 20 heavy (non-hydrogen) atoms. The lowest BCUT2D eigenvalue weighted by Gasteiger charge is -2.21. The number of carboxylic acid groups (broad SMARTS) is 1. The van der Waals surface area contributed by atoms with Crippen LogP contribution in [0.2, 0.25) is 0 Å². The molecule has 0 radical (unpaired) electrons. The highest BCUT2D eigenvalue weighted by Gasteiger charge is 2.42. The molecule has 1 amide bonds. The molecule has 1 aliphatic heterocycles. The number of hydrogen-bond donors (Lipinski definition) is 1. The van der Waals surface area contributed by atoms with Crippen molar-refractivity contribution in [3.63, 3.8) is 0 Å². The molecule has 0 spiro atoms. The van der Waals surface area contributed by atoms with E-state index in [2.05, 4.69) is 0 Å². The van der Waals surface area contributed by atoms with Gasteiger partial charge in [-0.15, -0.1) is 0 Å². The second-order valence-electron chi connectivity index (χ2n) is 5.55. The molecule has 0 bridgehead atoms. The third kappa shape index (κ3) is 2.48. The molecule has 0 aromatic heterocycles. The van der Waals surface area contributed by atoms with E-state index in [4.69, 9.17) is 4.74 Å². The number of rotatable bonds is 3. The van der Waals surface area contributed by atoms with Gasteiger partial charge in [0.2, 0.25) is 0 Å². The molecule has 108 valence electrons. The van der Waals surface area contributed by atoms with Crippen LogP contribution in [-0.4, -0.2) is 42.1 Å². The monoisotopic (exact) mass is 277 g/mol. The molecule has 2 rings (SSSR count). The van der Waals surface area contributed by atoms with E-state index in [1.165, 1.54) is 7.11 Å². The van der Waals surface area contributed by atoms with Crippen LogP contribution in [0.15, 0.2) is 18.2 Å². The highest BCUT2D eigenvalue weighted by Crippen LogP contribution is 2.32. The summed E-state index contributed by atoms with van der Waals surface area (Å²) in [5, 5.41) is 9.22. The van der Waals surface area contributed by atoms with Crippen LogP contribution >= 0.6 is 0 Å².